The van der Waals surface area contributed by atoms with Crippen LogP contribution in [0.25, 0.3) is 11.3 Å². The first-order valence-corrected chi connectivity index (χ1v) is 14.3. The third-order valence-electron chi connectivity index (χ3n) is 8.26. The number of aliphatic hydroxyl groups is 1. The number of nitrogens with zero attached hydrogens (tertiary/aromatic N) is 4. The molecule has 1 aliphatic carbocycles. The third kappa shape index (κ3) is 6.47. The lowest BCUT2D eigenvalue weighted by molar-refractivity contribution is -0.113. The van der Waals surface area contributed by atoms with Gasteiger partial charge in [-0.3, -0.25) is 4.79 Å². The lowest BCUT2D eigenvalue weighted by Gasteiger charge is -2.41. The molecule has 11 heteroatoms. The highest BCUT2D eigenvalue weighted by Gasteiger charge is 2.43. The van der Waals surface area contributed by atoms with Crippen molar-refractivity contribution >= 4 is 12.0 Å². The molecule has 2 N–H and O–H groups in total. The van der Waals surface area contributed by atoms with E-state index >= 15 is 0 Å². The number of halogens is 2. The minimum absolute atomic E-state index is 0.168. The number of rotatable bonds is 9. The van der Waals surface area contributed by atoms with Crippen molar-refractivity contribution in [1.29, 1.82) is 0 Å². The van der Waals surface area contributed by atoms with Crippen LogP contribution in [0.4, 0.5) is 13.6 Å². The number of benzene rings is 2. The van der Waals surface area contributed by atoms with Gasteiger partial charge in [0.2, 0.25) is 0 Å². The van der Waals surface area contributed by atoms with Gasteiger partial charge in [-0.15, -0.1) is 0 Å². The maximum Gasteiger partial charge on any atom is 0.407 e. The molecule has 42 heavy (non-hydrogen) atoms. The number of carbonyl (C=O) groups excluding carboxylic acids is 1. The fraction of sp³-hybridized carbons (Fsp3) is 0.452. The molecule has 2 fully saturated rings. The normalized spacial score (nSPS) is 22.9. The number of ether oxygens (including phenoxy) is 1. The minimum Gasteiger partial charge on any atom is -0.465 e. The molecule has 2 unspecified atom stereocenters. The SMILES string of the molecule is O=C(O)N1CCN(C(=O)c2ncn(C3CCCCC3(O)COCC(F)F)c2-c2ccccc2)[C@H](Cc2ccccc2)C1. The molecule has 1 aromatic heterocycles. The Morgan fingerprint density at radius 3 is 2.45 bits per heavy atom. The molecule has 0 bridgehead atoms. The Morgan fingerprint density at radius 2 is 1.76 bits per heavy atom. The molecule has 5 rings (SSSR count). The topological polar surface area (TPSA) is 108 Å². The molecule has 1 saturated heterocycles. The number of carboxylic acid groups (broad SMARTS) is 1. The van der Waals surface area contributed by atoms with E-state index in [0.717, 1.165) is 24.0 Å². The summed E-state index contributed by atoms with van der Waals surface area (Å²) in [4.78, 5) is 33.7. The van der Waals surface area contributed by atoms with Crippen molar-refractivity contribution in [3.63, 3.8) is 0 Å². The van der Waals surface area contributed by atoms with Gasteiger partial charge in [0.1, 0.15) is 12.2 Å². The lowest BCUT2D eigenvalue weighted by atomic mass is 9.80. The maximum atomic E-state index is 14.3. The van der Waals surface area contributed by atoms with E-state index in [1.165, 1.54) is 4.90 Å². The molecule has 224 valence electrons. The van der Waals surface area contributed by atoms with Crippen molar-refractivity contribution < 1.29 is 33.3 Å². The Hall–Kier alpha value is -3.83. The van der Waals surface area contributed by atoms with Gasteiger partial charge < -0.3 is 29.3 Å². The number of carbonyl (C=O) groups is 2. The smallest absolute Gasteiger partial charge is 0.407 e. The number of piperazine rings is 1. The van der Waals surface area contributed by atoms with Crippen LogP contribution in [-0.4, -0.2) is 92.5 Å². The van der Waals surface area contributed by atoms with E-state index in [2.05, 4.69) is 4.98 Å². The Morgan fingerprint density at radius 1 is 1.05 bits per heavy atom. The van der Waals surface area contributed by atoms with Gasteiger partial charge in [-0.25, -0.2) is 18.6 Å². The first-order valence-electron chi connectivity index (χ1n) is 14.3. The van der Waals surface area contributed by atoms with E-state index in [0.29, 0.717) is 25.0 Å². The van der Waals surface area contributed by atoms with Gasteiger partial charge in [0.25, 0.3) is 12.3 Å². The van der Waals surface area contributed by atoms with Crippen molar-refractivity contribution in [3.05, 3.63) is 78.2 Å². The van der Waals surface area contributed by atoms with Crippen LogP contribution < -0.4 is 0 Å². The minimum atomic E-state index is -2.64. The average Bonchev–Trinajstić information content (AvgIpc) is 3.42. The van der Waals surface area contributed by atoms with Crippen LogP contribution in [-0.2, 0) is 11.2 Å². The summed E-state index contributed by atoms with van der Waals surface area (Å²) in [6.07, 6.45) is 0.817. The molecule has 9 nitrogen and oxygen atoms in total. The summed E-state index contributed by atoms with van der Waals surface area (Å²) in [6.45, 7) is -0.468. The van der Waals surface area contributed by atoms with Gasteiger partial charge in [-0.1, -0.05) is 73.5 Å². The molecular weight excluding hydrogens is 546 g/mol. The number of imidazole rings is 1. The highest BCUT2D eigenvalue weighted by atomic mass is 19.3. The lowest BCUT2D eigenvalue weighted by Crippen LogP contribution is -2.57. The molecule has 1 aliphatic heterocycles. The summed E-state index contributed by atoms with van der Waals surface area (Å²) in [7, 11) is 0. The zero-order valence-corrected chi connectivity index (χ0v) is 23.3. The highest BCUT2D eigenvalue weighted by molar-refractivity contribution is 5.98. The summed E-state index contributed by atoms with van der Waals surface area (Å²) < 4.78 is 32.7. The van der Waals surface area contributed by atoms with Gasteiger partial charge in [0.05, 0.1) is 30.7 Å². The van der Waals surface area contributed by atoms with Crippen LogP contribution in [0.15, 0.2) is 67.0 Å². The number of alkyl halides is 2. The van der Waals surface area contributed by atoms with Crippen molar-refractivity contribution in [2.24, 2.45) is 0 Å². The standard InChI is InChI=1S/C31H36F2N4O5/c32-26(33)19-42-20-31(41)14-8-7-13-25(31)37-21-34-27(28(37)23-11-5-2-6-12-23)29(38)36-16-15-35(30(39)40)18-24(36)17-22-9-3-1-4-10-22/h1-6,9-12,21,24-26,41H,7-8,13-20H2,(H,39,40)/t24-,25?,31?/m1/s1. The van der Waals surface area contributed by atoms with Crippen LogP contribution in [0.3, 0.4) is 0 Å². The van der Waals surface area contributed by atoms with Crippen LogP contribution in [0.2, 0.25) is 0 Å². The van der Waals surface area contributed by atoms with Crippen molar-refractivity contribution in [2.45, 2.75) is 56.2 Å². The van der Waals surface area contributed by atoms with Crippen LogP contribution >= 0.6 is 0 Å². The predicted octanol–water partition coefficient (Wildman–Crippen LogP) is 4.73. The molecule has 2 heterocycles. The molecule has 0 radical (unpaired) electrons. The van der Waals surface area contributed by atoms with Crippen molar-refractivity contribution in [1.82, 2.24) is 19.4 Å². The molecule has 3 aromatic rings. The molecule has 0 spiro atoms. The van der Waals surface area contributed by atoms with Crippen molar-refractivity contribution in [3.8, 4) is 11.3 Å². The van der Waals surface area contributed by atoms with E-state index < -0.39 is 36.8 Å². The van der Waals surface area contributed by atoms with Crippen LogP contribution in [0.1, 0.15) is 47.8 Å². The maximum absolute atomic E-state index is 14.3. The largest absolute Gasteiger partial charge is 0.465 e. The predicted molar refractivity (Wildman–Crippen MR) is 152 cm³/mol. The number of hydrogen-bond donors (Lipinski definition) is 2. The van der Waals surface area contributed by atoms with Gasteiger partial charge in [0.15, 0.2) is 5.69 Å². The van der Waals surface area contributed by atoms with Gasteiger partial charge in [0, 0.05) is 25.2 Å². The Kier molecular flexibility index (Phi) is 9.18. The second-order valence-corrected chi connectivity index (χ2v) is 11.1. The molecule has 2 amide bonds. The Bertz CT molecular complexity index is 1360. The van der Waals surface area contributed by atoms with Crippen LogP contribution in [0.5, 0.6) is 0 Å². The molecule has 3 atom stereocenters. The summed E-state index contributed by atoms with van der Waals surface area (Å²) in [5.41, 5.74) is 1.02. The van der Waals surface area contributed by atoms with Crippen molar-refractivity contribution in [2.75, 3.05) is 32.8 Å². The second-order valence-electron chi connectivity index (χ2n) is 11.1. The summed E-state index contributed by atoms with van der Waals surface area (Å²) >= 11 is 0. The van der Waals surface area contributed by atoms with Gasteiger partial charge in [-0.05, 0) is 24.8 Å². The quantitative estimate of drug-likeness (QED) is 0.378. The molecule has 1 saturated carbocycles. The average molecular weight is 583 g/mol. The fourth-order valence-electron chi connectivity index (χ4n) is 6.22. The van der Waals surface area contributed by atoms with E-state index in [-0.39, 0.29) is 37.8 Å². The Labute approximate surface area is 243 Å². The monoisotopic (exact) mass is 582 g/mol. The summed E-state index contributed by atoms with van der Waals surface area (Å²) in [5, 5.41) is 21.4. The highest BCUT2D eigenvalue weighted by Crippen LogP contribution is 2.41. The van der Waals surface area contributed by atoms with E-state index in [1.807, 2.05) is 60.7 Å². The van der Waals surface area contributed by atoms with E-state index in [1.54, 1.807) is 15.8 Å². The summed E-state index contributed by atoms with van der Waals surface area (Å²) in [5.74, 6) is -0.327. The zero-order chi connectivity index (χ0) is 29.7. The van der Waals surface area contributed by atoms with E-state index in [4.69, 9.17) is 4.74 Å². The fourth-order valence-corrected chi connectivity index (χ4v) is 6.22. The third-order valence-corrected chi connectivity index (χ3v) is 8.26. The molecule has 2 aliphatic rings. The molecule has 2 aromatic carbocycles. The summed E-state index contributed by atoms with van der Waals surface area (Å²) in [6, 6.07) is 18.0. The first kappa shape index (κ1) is 29.7. The number of aromatic nitrogens is 2. The number of amides is 2. The van der Waals surface area contributed by atoms with Gasteiger partial charge >= 0.3 is 6.09 Å². The second kappa shape index (κ2) is 13.0. The molecular formula is C31H36F2N4O5. The van der Waals surface area contributed by atoms with Crippen LogP contribution in [0, 0.1) is 0 Å². The first-order chi connectivity index (χ1) is 20.3. The van der Waals surface area contributed by atoms with E-state index in [9.17, 15) is 28.6 Å². The Balaban J connectivity index is 1.51. The van der Waals surface area contributed by atoms with Gasteiger partial charge in [-0.2, -0.15) is 0 Å². The number of hydrogen-bond acceptors (Lipinski definition) is 5. The zero-order valence-electron chi connectivity index (χ0n) is 23.3.